The average Bonchev–Trinajstić information content (AvgIpc) is 2.29. The first-order chi connectivity index (χ1) is 8.50. The summed E-state index contributed by atoms with van der Waals surface area (Å²) in [5, 5.41) is 8.46. The zero-order chi connectivity index (χ0) is 13.5. The van der Waals surface area contributed by atoms with Crippen LogP contribution in [0.1, 0.15) is 13.8 Å². The van der Waals surface area contributed by atoms with Crippen LogP contribution in [0.15, 0.2) is 30.6 Å². The van der Waals surface area contributed by atoms with Crippen molar-refractivity contribution in [3.63, 3.8) is 0 Å². The van der Waals surface area contributed by atoms with Crippen molar-refractivity contribution in [3.05, 3.63) is 35.7 Å². The zero-order valence-corrected chi connectivity index (χ0v) is 11.0. The van der Waals surface area contributed by atoms with Gasteiger partial charge in [-0.1, -0.05) is 11.6 Å². The average molecular weight is 267 g/mol. The lowest BCUT2D eigenvalue weighted by Gasteiger charge is -2.01. The van der Waals surface area contributed by atoms with E-state index in [1.165, 1.54) is 0 Å². The fourth-order valence-corrected chi connectivity index (χ4v) is 1.32. The minimum absolute atomic E-state index is 0.167. The SMILES string of the molecule is CC(C)O.Nc1nccc(-c2cccnc2Cl)n1. The number of aromatic nitrogens is 3. The smallest absolute Gasteiger partial charge is 0.220 e. The molecule has 96 valence electrons. The van der Waals surface area contributed by atoms with Gasteiger partial charge in [0, 0.05) is 24.1 Å². The molecule has 0 radical (unpaired) electrons. The molecule has 0 saturated heterocycles. The van der Waals surface area contributed by atoms with Crippen LogP contribution in [0.25, 0.3) is 11.3 Å². The Labute approximate surface area is 111 Å². The van der Waals surface area contributed by atoms with Crippen LogP contribution in [0.4, 0.5) is 5.95 Å². The number of pyridine rings is 1. The Kier molecular flexibility index (Phi) is 5.48. The zero-order valence-electron chi connectivity index (χ0n) is 10.2. The molecule has 0 bridgehead atoms. The number of hydrogen-bond acceptors (Lipinski definition) is 5. The Morgan fingerprint density at radius 2 is 1.89 bits per heavy atom. The lowest BCUT2D eigenvalue weighted by Crippen LogP contribution is -1.95. The van der Waals surface area contributed by atoms with Gasteiger partial charge in [0.2, 0.25) is 5.95 Å². The topological polar surface area (TPSA) is 84.9 Å². The number of hydrogen-bond donors (Lipinski definition) is 2. The number of halogens is 1. The first-order valence-electron chi connectivity index (χ1n) is 5.38. The first-order valence-corrected chi connectivity index (χ1v) is 5.76. The van der Waals surface area contributed by atoms with Crippen LogP contribution in [0.3, 0.4) is 0 Å². The van der Waals surface area contributed by atoms with E-state index in [1.54, 1.807) is 38.4 Å². The molecular formula is C12H15ClN4O. The van der Waals surface area contributed by atoms with E-state index in [1.807, 2.05) is 6.07 Å². The number of rotatable bonds is 1. The Balaban J connectivity index is 0.000000357. The van der Waals surface area contributed by atoms with Gasteiger partial charge < -0.3 is 10.8 Å². The van der Waals surface area contributed by atoms with E-state index in [0.717, 1.165) is 5.56 Å². The van der Waals surface area contributed by atoms with Gasteiger partial charge >= 0.3 is 0 Å². The van der Waals surface area contributed by atoms with Crippen LogP contribution in [-0.2, 0) is 0 Å². The molecule has 0 amide bonds. The van der Waals surface area contributed by atoms with E-state index in [2.05, 4.69) is 15.0 Å². The van der Waals surface area contributed by atoms with Crippen molar-refractivity contribution in [1.82, 2.24) is 15.0 Å². The predicted octanol–water partition coefficient (Wildman–Crippen LogP) is 2.16. The predicted molar refractivity (Wildman–Crippen MR) is 72.0 cm³/mol. The van der Waals surface area contributed by atoms with Gasteiger partial charge in [-0.3, -0.25) is 0 Å². The Morgan fingerprint density at radius 1 is 1.22 bits per heavy atom. The Morgan fingerprint density at radius 3 is 2.44 bits per heavy atom. The number of nitrogens with zero attached hydrogens (tertiary/aromatic N) is 3. The maximum Gasteiger partial charge on any atom is 0.220 e. The molecule has 18 heavy (non-hydrogen) atoms. The van der Waals surface area contributed by atoms with E-state index in [9.17, 15) is 0 Å². The van der Waals surface area contributed by atoms with E-state index >= 15 is 0 Å². The third kappa shape index (κ3) is 4.65. The van der Waals surface area contributed by atoms with Gasteiger partial charge in [0.25, 0.3) is 0 Å². The van der Waals surface area contributed by atoms with Gasteiger partial charge in [-0.25, -0.2) is 15.0 Å². The summed E-state index contributed by atoms with van der Waals surface area (Å²) < 4.78 is 0. The summed E-state index contributed by atoms with van der Waals surface area (Å²) in [5.41, 5.74) is 6.89. The summed E-state index contributed by atoms with van der Waals surface area (Å²) in [4.78, 5) is 11.8. The van der Waals surface area contributed by atoms with Crippen molar-refractivity contribution in [3.8, 4) is 11.3 Å². The lowest BCUT2D eigenvalue weighted by molar-refractivity contribution is 0.216. The standard InChI is InChI=1S/C9H7ClN4.C3H8O/c10-8-6(2-1-4-12-8)7-3-5-13-9(11)14-7;1-3(2)4/h1-5H,(H2,11,13,14);3-4H,1-2H3. The fourth-order valence-electron chi connectivity index (χ4n) is 1.10. The van der Waals surface area contributed by atoms with Gasteiger partial charge in [0.05, 0.1) is 5.69 Å². The number of aliphatic hydroxyl groups excluding tert-OH is 1. The Bertz CT molecular complexity index is 502. The molecule has 0 aliphatic carbocycles. The van der Waals surface area contributed by atoms with Crippen molar-refractivity contribution in [2.24, 2.45) is 0 Å². The molecule has 2 heterocycles. The van der Waals surface area contributed by atoms with Crippen molar-refractivity contribution in [2.75, 3.05) is 5.73 Å². The van der Waals surface area contributed by atoms with Crippen LogP contribution in [0.2, 0.25) is 5.15 Å². The normalized spacial score (nSPS) is 9.83. The highest BCUT2D eigenvalue weighted by Crippen LogP contribution is 2.23. The highest BCUT2D eigenvalue weighted by atomic mass is 35.5. The van der Waals surface area contributed by atoms with Gasteiger partial charge in [0.15, 0.2) is 0 Å². The molecule has 0 fully saturated rings. The van der Waals surface area contributed by atoms with Crippen LogP contribution in [0, 0.1) is 0 Å². The van der Waals surface area contributed by atoms with Gasteiger partial charge in [0.1, 0.15) is 5.15 Å². The second kappa shape index (κ2) is 6.88. The molecule has 3 N–H and O–H groups in total. The van der Waals surface area contributed by atoms with Gasteiger partial charge in [-0.05, 0) is 32.0 Å². The van der Waals surface area contributed by atoms with Gasteiger partial charge in [-0.15, -0.1) is 0 Å². The molecule has 0 unspecified atom stereocenters. The highest BCUT2D eigenvalue weighted by Gasteiger charge is 2.04. The highest BCUT2D eigenvalue weighted by molar-refractivity contribution is 6.32. The summed E-state index contributed by atoms with van der Waals surface area (Å²) in [6.45, 7) is 3.44. The van der Waals surface area contributed by atoms with E-state index in [-0.39, 0.29) is 12.1 Å². The number of anilines is 1. The van der Waals surface area contributed by atoms with E-state index < -0.39 is 0 Å². The van der Waals surface area contributed by atoms with Crippen molar-refractivity contribution in [2.45, 2.75) is 20.0 Å². The van der Waals surface area contributed by atoms with Crippen LogP contribution in [-0.4, -0.2) is 26.2 Å². The largest absolute Gasteiger partial charge is 0.394 e. The number of nitrogen functional groups attached to an aromatic ring is 1. The number of nitrogens with two attached hydrogens (primary N) is 1. The van der Waals surface area contributed by atoms with Crippen molar-refractivity contribution < 1.29 is 5.11 Å². The third-order valence-electron chi connectivity index (χ3n) is 1.71. The second-order valence-electron chi connectivity index (χ2n) is 3.74. The number of aliphatic hydroxyl groups is 1. The summed E-state index contributed by atoms with van der Waals surface area (Å²) in [6, 6.07) is 5.36. The molecule has 2 aromatic heterocycles. The van der Waals surface area contributed by atoms with E-state index in [4.69, 9.17) is 22.4 Å². The molecule has 2 aromatic rings. The molecule has 6 heteroatoms. The minimum Gasteiger partial charge on any atom is -0.394 e. The maximum absolute atomic E-state index is 8.06. The summed E-state index contributed by atoms with van der Waals surface area (Å²) in [6.07, 6.45) is 3.04. The third-order valence-corrected chi connectivity index (χ3v) is 2.01. The molecule has 0 aliphatic rings. The maximum atomic E-state index is 8.06. The molecule has 0 aliphatic heterocycles. The second-order valence-corrected chi connectivity index (χ2v) is 4.09. The summed E-state index contributed by atoms with van der Waals surface area (Å²) in [7, 11) is 0. The fraction of sp³-hybridized carbons (Fsp3) is 0.250. The molecular weight excluding hydrogens is 252 g/mol. The van der Waals surface area contributed by atoms with Crippen LogP contribution < -0.4 is 5.73 Å². The van der Waals surface area contributed by atoms with Crippen LogP contribution >= 0.6 is 11.6 Å². The lowest BCUT2D eigenvalue weighted by atomic mass is 10.2. The Hall–Kier alpha value is -1.72. The first kappa shape index (κ1) is 14.3. The van der Waals surface area contributed by atoms with Crippen LogP contribution in [0.5, 0.6) is 0 Å². The minimum atomic E-state index is -0.167. The molecule has 0 atom stereocenters. The molecule has 5 nitrogen and oxygen atoms in total. The van der Waals surface area contributed by atoms with Crippen molar-refractivity contribution in [1.29, 1.82) is 0 Å². The van der Waals surface area contributed by atoms with Gasteiger partial charge in [-0.2, -0.15) is 0 Å². The molecule has 0 spiro atoms. The van der Waals surface area contributed by atoms with E-state index in [0.29, 0.717) is 10.8 Å². The molecule has 2 rings (SSSR count). The molecule has 0 aromatic carbocycles. The van der Waals surface area contributed by atoms with Crippen molar-refractivity contribution >= 4 is 17.5 Å². The quantitative estimate of drug-likeness (QED) is 0.773. The molecule has 0 saturated carbocycles. The summed E-state index contributed by atoms with van der Waals surface area (Å²) in [5.74, 6) is 0.224. The summed E-state index contributed by atoms with van der Waals surface area (Å²) >= 11 is 5.90. The monoisotopic (exact) mass is 266 g/mol.